The summed E-state index contributed by atoms with van der Waals surface area (Å²) in [6.07, 6.45) is -0.164. The van der Waals surface area contributed by atoms with Crippen LogP contribution in [0.15, 0.2) is 0 Å². The summed E-state index contributed by atoms with van der Waals surface area (Å²) < 4.78 is 5.56. The zero-order chi connectivity index (χ0) is 13.9. The van der Waals surface area contributed by atoms with Gasteiger partial charge in [0.25, 0.3) is 5.88 Å². The summed E-state index contributed by atoms with van der Waals surface area (Å²) in [6, 6.07) is 0. The van der Waals surface area contributed by atoms with Crippen molar-refractivity contribution >= 4 is 11.6 Å². The molecule has 1 N–H and O–H groups in total. The van der Waals surface area contributed by atoms with E-state index < -0.39 is 4.92 Å². The van der Waals surface area contributed by atoms with E-state index in [2.05, 4.69) is 15.3 Å². The number of hydrogen-bond donors (Lipinski definition) is 1. The van der Waals surface area contributed by atoms with Crippen LogP contribution in [0.5, 0.6) is 5.88 Å². The van der Waals surface area contributed by atoms with Crippen LogP contribution in [-0.4, -0.2) is 28.0 Å². The summed E-state index contributed by atoms with van der Waals surface area (Å²) in [4.78, 5) is 18.5. The van der Waals surface area contributed by atoms with E-state index in [9.17, 15) is 10.1 Å². The minimum absolute atomic E-state index is 0.0121. The molecule has 1 aromatic heterocycles. The van der Waals surface area contributed by atoms with E-state index in [0.29, 0.717) is 5.95 Å². The second kappa shape index (κ2) is 5.61. The predicted octanol–water partition coefficient (Wildman–Crippen LogP) is 2.16. The van der Waals surface area contributed by atoms with Gasteiger partial charge in [-0.2, -0.15) is 4.98 Å². The molecule has 18 heavy (non-hydrogen) atoms. The Bertz CT molecular complexity index is 448. The lowest BCUT2D eigenvalue weighted by Crippen LogP contribution is -2.20. The highest BCUT2D eigenvalue weighted by molar-refractivity contribution is 5.48. The first kappa shape index (κ1) is 14.1. The molecule has 7 nitrogen and oxygen atoms in total. The number of nitro groups is 1. The van der Waals surface area contributed by atoms with Gasteiger partial charge in [-0.15, -0.1) is 0 Å². The molecule has 0 spiro atoms. The van der Waals surface area contributed by atoms with E-state index in [1.807, 2.05) is 20.8 Å². The summed E-state index contributed by atoms with van der Waals surface area (Å²) in [5.74, 6) is 0.556. The number of aryl methyl sites for hydroxylation is 1. The number of nitrogens with zero attached hydrogens (tertiary/aromatic N) is 3. The van der Waals surface area contributed by atoms with Crippen LogP contribution < -0.4 is 10.1 Å². The van der Waals surface area contributed by atoms with Gasteiger partial charge in [0.15, 0.2) is 0 Å². The molecule has 1 rings (SSSR count). The van der Waals surface area contributed by atoms with E-state index in [0.717, 1.165) is 0 Å². The third kappa shape index (κ3) is 3.06. The van der Waals surface area contributed by atoms with Crippen LogP contribution in [-0.2, 0) is 0 Å². The second-order valence-electron chi connectivity index (χ2n) is 4.36. The SMILES string of the molecule is CNc1nc(C)c([N+](=O)[O-])c(OC(C)C(C)C)n1. The van der Waals surface area contributed by atoms with Gasteiger partial charge in [0.1, 0.15) is 11.8 Å². The Morgan fingerprint density at radius 3 is 2.39 bits per heavy atom. The quantitative estimate of drug-likeness (QED) is 0.639. The van der Waals surface area contributed by atoms with Crippen molar-refractivity contribution in [3.05, 3.63) is 15.8 Å². The van der Waals surface area contributed by atoms with Gasteiger partial charge < -0.3 is 10.1 Å². The van der Waals surface area contributed by atoms with E-state index in [4.69, 9.17) is 4.74 Å². The summed E-state index contributed by atoms with van der Waals surface area (Å²) in [7, 11) is 1.65. The molecule has 1 unspecified atom stereocenters. The van der Waals surface area contributed by atoms with Gasteiger partial charge in [0.05, 0.1) is 4.92 Å². The molecule has 0 bridgehead atoms. The Kier molecular flexibility index (Phi) is 4.41. The summed E-state index contributed by atoms with van der Waals surface area (Å²) in [6.45, 7) is 7.37. The van der Waals surface area contributed by atoms with Gasteiger partial charge in [-0.25, -0.2) is 4.98 Å². The molecule has 0 aliphatic rings. The largest absolute Gasteiger partial charge is 0.469 e. The number of hydrogen-bond acceptors (Lipinski definition) is 6. The maximum Gasteiger partial charge on any atom is 0.352 e. The average Bonchev–Trinajstić information content (AvgIpc) is 2.27. The molecule has 0 saturated heterocycles. The van der Waals surface area contributed by atoms with Crippen molar-refractivity contribution in [2.45, 2.75) is 33.8 Å². The summed E-state index contributed by atoms with van der Waals surface area (Å²) in [5, 5.41) is 13.8. The minimum Gasteiger partial charge on any atom is -0.469 e. The van der Waals surface area contributed by atoms with Crippen molar-refractivity contribution < 1.29 is 9.66 Å². The molecule has 0 saturated carbocycles. The van der Waals surface area contributed by atoms with Crippen LogP contribution in [0.3, 0.4) is 0 Å². The van der Waals surface area contributed by atoms with Gasteiger partial charge in [-0.1, -0.05) is 13.8 Å². The Labute approximate surface area is 106 Å². The Morgan fingerprint density at radius 1 is 1.33 bits per heavy atom. The maximum absolute atomic E-state index is 11.0. The van der Waals surface area contributed by atoms with E-state index in [1.165, 1.54) is 0 Å². The highest BCUT2D eigenvalue weighted by Crippen LogP contribution is 2.30. The number of ether oxygens (including phenoxy) is 1. The van der Waals surface area contributed by atoms with E-state index in [1.54, 1.807) is 14.0 Å². The zero-order valence-electron chi connectivity index (χ0n) is 11.2. The van der Waals surface area contributed by atoms with Crippen LogP contribution in [0.1, 0.15) is 26.5 Å². The fraction of sp³-hybridized carbons (Fsp3) is 0.636. The smallest absolute Gasteiger partial charge is 0.352 e. The molecule has 0 amide bonds. The van der Waals surface area contributed by atoms with Crippen LogP contribution >= 0.6 is 0 Å². The van der Waals surface area contributed by atoms with Gasteiger partial charge in [-0.05, 0) is 19.8 Å². The van der Waals surface area contributed by atoms with Crippen molar-refractivity contribution in [1.82, 2.24) is 9.97 Å². The fourth-order valence-corrected chi connectivity index (χ4v) is 1.26. The number of nitrogens with one attached hydrogen (secondary N) is 1. The summed E-state index contributed by atoms with van der Waals surface area (Å²) >= 11 is 0. The van der Waals surface area contributed by atoms with Crippen molar-refractivity contribution in [2.75, 3.05) is 12.4 Å². The molecular formula is C11H18N4O3. The van der Waals surface area contributed by atoms with Crippen LogP contribution in [0.2, 0.25) is 0 Å². The van der Waals surface area contributed by atoms with Crippen LogP contribution in [0.25, 0.3) is 0 Å². The number of anilines is 1. The van der Waals surface area contributed by atoms with Crippen molar-refractivity contribution in [3.8, 4) is 5.88 Å². The molecule has 0 aromatic carbocycles. The van der Waals surface area contributed by atoms with Crippen LogP contribution in [0.4, 0.5) is 11.6 Å². The van der Waals surface area contributed by atoms with Gasteiger partial charge in [0.2, 0.25) is 5.95 Å². The topological polar surface area (TPSA) is 90.2 Å². The molecule has 100 valence electrons. The van der Waals surface area contributed by atoms with Crippen molar-refractivity contribution in [2.24, 2.45) is 5.92 Å². The third-order valence-electron chi connectivity index (χ3n) is 2.67. The molecule has 0 radical (unpaired) electrons. The lowest BCUT2D eigenvalue weighted by molar-refractivity contribution is -0.387. The molecule has 7 heteroatoms. The number of aromatic nitrogens is 2. The van der Waals surface area contributed by atoms with E-state index in [-0.39, 0.29) is 29.3 Å². The normalized spacial score (nSPS) is 12.3. The first-order valence-electron chi connectivity index (χ1n) is 5.74. The lowest BCUT2D eigenvalue weighted by Gasteiger charge is -2.17. The molecule has 0 fully saturated rings. The molecule has 0 aliphatic carbocycles. The fourth-order valence-electron chi connectivity index (χ4n) is 1.26. The van der Waals surface area contributed by atoms with Crippen LogP contribution in [0, 0.1) is 23.0 Å². The predicted molar refractivity (Wildman–Crippen MR) is 67.9 cm³/mol. The maximum atomic E-state index is 11.0. The lowest BCUT2D eigenvalue weighted by atomic mass is 10.1. The third-order valence-corrected chi connectivity index (χ3v) is 2.67. The minimum atomic E-state index is -0.517. The van der Waals surface area contributed by atoms with Gasteiger partial charge in [-0.3, -0.25) is 10.1 Å². The first-order valence-corrected chi connectivity index (χ1v) is 5.74. The Hall–Kier alpha value is -1.92. The summed E-state index contributed by atoms with van der Waals surface area (Å²) in [5.41, 5.74) is 0.104. The Balaban J connectivity index is 3.21. The molecule has 0 aliphatic heterocycles. The highest BCUT2D eigenvalue weighted by Gasteiger charge is 2.25. The Morgan fingerprint density at radius 2 is 1.94 bits per heavy atom. The molecule has 1 aromatic rings. The van der Waals surface area contributed by atoms with Crippen molar-refractivity contribution in [1.29, 1.82) is 0 Å². The van der Waals surface area contributed by atoms with Gasteiger partial charge >= 0.3 is 5.69 Å². The first-order chi connectivity index (χ1) is 8.36. The van der Waals surface area contributed by atoms with E-state index >= 15 is 0 Å². The number of rotatable bonds is 5. The second-order valence-corrected chi connectivity index (χ2v) is 4.36. The average molecular weight is 254 g/mol. The van der Waals surface area contributed by atoms with Crippen molar-refractivity contribution in [3.63, 3.8) is 0 Å². The highest BCUT2D eigenvalue weighted by atomic mass is 16.6. The molecule has 1 heterocycles. The molecule has 1 atom stereocenters. The van der Waals surface area contributed by atoms with Gasteiger partial charge in [0, 0.05) is 7.05 Å². The zero-order valence-corrected chi connectivity index (χ0v) is 11.2. The molecular weight excluding hydrogens is 236 g/mol. The standard InChI is InChI=1S/C11H18N4O3/c1-6(2)8(4)18-10-9(15(16)17)7(3)13-11(12-5)14-10/h6,8H,1-5H3,(H,12,13,14). The monoisotopic (exact) mass is 254 g/mol.